The fourth-order valence-corrected chi connectivity index (χ4v) is 4.06. The van der Waals surface area contributed by atoms with Gasteiger partial charge in [-0.3, -0.25) is 9.52 Å². The van der Waals surface area contributed by atoms with Gasteiger partial charge >= 0.3 is 0 Å². The number of sulfonamides is 1. The van der Waals surface area contributed by atoms with E-state index >= 15 is 0 Å². The highest BCUT2D eigenvalue weighted by molar-refractivity contribution is 7.92. The molecule has 8 heteroatoms. The zero-order valence-electron chi connectivity index (χ0n) is 14.5. The largest absolute Gasteiger partial charge is 0.494 e. The normalized spacial score (nSPS) is 14.1. The lowest BCUT2D eigenvalue weighted by Crippen LogP contribution is -2.34. The lowest BCUT2D eigenvalue weighted by Gasteiger charge is -2.28. The highest BCUT2D eigenvalue weighted by Gasteiger charge is 2.24. The number of halogens is 1. The van der Waals surface area contributed by atoms with Gasteiger partial charge in [-0.15, -0.1) is 0 Å². The maximum atomic E-state index is 13.8. The summed E-state index contributed by atoms with van der Waals surface area (Å²) < 4.78 is 46.1. The SMILES string of the molecule is CCN1C(=O)CCc2cc(NS(=O)(=O)c3ccc(OC)c(F)c3)ccc21. The van der Waals surface area contributed by atoms with Crippen LogP contribution in [-0.4, -0.2) is 28.0 Å². The van der Waals surface area contributed by atoms with Crippen molar-refractivity contribution < 1.29 is 22.3 Å². The molecule has 1 amide bonds. The number of rotatable bonds is 5. The minimum absolute atomic E-state index is 0.0259. The van der Waals surface area contributed by atoms with Gasteiger partial charge in [0.1, 0.15) is 0 Å². The van der Waals surface area contributed by atoms with E-state index in [1.165, 1.54) is 19.2 Å². The third-order valence-electron chi connectivity index (χ3n) is 4.28. The van der Waals surface area contributed by atoms with E-state index in [4.69, 9.17) is 4.74 Å². The van der Waals surface area contributed by atoms with Crippen molar-refractivity contribution in [3.05, 3.63) is 47.8 Å². The van der Waals surface area contributed by atoms with Crippen molar-refractivity contribution >= 4 is 27.3 Å². The maximum absolute atomic E-state index is 13.8. The fourth-order valence-electron chi connectivity index (χ4n) is 3.00. The van der Waals surface area contributed by atoms with Crippen LogP contribution in [0.3, 0.4) is 0 Å². The first-order valence-electron chi connectivity index (χ1n) is 8.15. The Hall–Kier alpha value is -2.61. The van der Waals surface area contributed by atoms with E-state index in [1.54, 1.807) is 23.1 Å². The third-order valence-corrected chi connectivity index (χ3v) is 5.66. The molecule has 0 fully saturated rings. The quantitative estimate of drug-likeness (QED) is 0.868. The van der Waals surface area contributed by atoms with Crippen LogP contribution in [0.15, 0.2) is 41.3 Å². The zero-order valence-corrected chi connectivity index (χ0v) is 15.3. The van der Waals surface area contributed by atoms with Gasteiger partial charge in [0.05, 0.1) is 12.0 Å². The highest BCUT2D eigenvalue weighted by atomic mass is 32.2. The Morgan fingerprint density at radius 1 is 1.19 bits per heavy atom. The van der Waals surface area contributed by atoms with Gasteiger partial charge in [0, 0.05) is 24.3 Å². The average molecular weight is 378 g/mol. The number of nitrogens with zero attached hydrogens (tertiary/aromatic N) is 1. The molecular formula is C18H19FN2O4S. The number of aryl methyl sites for hydroxylation is 1. The Balaban J connectivity index is 1.89. The van der Waals surface area contributed by atoms with Gasteiger partial charge in [-0.2, -0.15) is 0 Å². The fraction of sp³-hybridized carbons (Fsp3) is 0.278. The number of ether oxygens (including phenoxy) is 1. The first-order valence-corrected chi connectivity index (χ1v) is 9.63. The molecule has 2 aromatic carbocycles. The summed E-state index contributed by atoms with van der Waals surface area (Å²) in [6.07, 6.45) is 0.943. The number of carbonyl (C=O) groups excluding carboxylic acids is 1. The van der Waals surface area contributed by atoms with Crippen LogP contribution >= 0.6 is 0 Å². The Bertz CT molecular complexity index is 960. The van der Waals surface area contributed by atoms with Crippen LogP contribution in [0, 0.1) is 5.82 Å². The van der Waals surface area contributed by atoms with Crippen LogP contribution in [0.2, 0.25) is 0 Å². The van der Waals surface area contributed by atoms with Crippen molar-refractivity contribution in [2.75, 3.05) is 23.3 Å². The molecule has 1 aliphatic heterocycles. The van der Waals surface area contributed by atoms with Gasteiger partial charge in [0.15, 0.2) is 11.6 Å². The summed E-state index contributed by atoms with van der Waals surface area (Å²) in [4.78, 5) is 13.4. The minimum atomic E-state index is -3.94. The van der Waals surface area contributed by atoms with E-state index < -0.39 is 15.8 Å². The highest BCUT2D eigenvalue weighted by Crippen LogP contribution is 2.31. The number of benzene rings is 2. The second kappa shape index (κ2) is 6.95. The molecule has 0 spiro atoms. The number of amides is 1. The van der Waals surface area contributed by atoms with Crippen molar-refractivity contribution in [3.63, 3.8) is 0 Å². The molecule has 2 aromatic rings. The van der Waals surface area contributed by atoms with Gasteiger partial charge in [-0.25, -0.2) is 12.8 Å². The van der Waals surface area contributed by atoms with Crippen LogP contribution in [0.25, 0.3) is 0 Å². The molecule has 1 aliphatic rings. The first kappa shape index (κ1) is 18.2. The molecule has 0 saturated heterocycles. The summed E-state index contributed by atoms with van der Waals surface area (Å²) >= 11 is 0. The Kier molecular flexibility index (Phi) is 4.86. The number of hydrogen-bond acceptors (Lipinski definition) is 4. The Labute approximate surface area is 151 Å². The van der Waals surface area contributed by atoms with Crippen molar-refractivity contribution in [2.24, 2.45) is 0 Å². The molecular weight excluding hydrogens is 359 g/mol. The lowest BCUT2D eigenvalue weighted by molar-refractivity contribution is -0.118. The van der Waals surface area contributed by atoms with Gasteiger partial charge < -0.3 is 9.64 Å². The molecule has 6 nitrogen and oxygen atoms in total. The van der Waals surface area contributed by atoms with E-state index in [0.29, 0.717) is 25.1 Å². The summed E-state index contributed by atoms with van der Waals surface area (Å²) in [6.45, 7) is 2.45. The van der Waals surface area contributed by atoms with E-state index in [-0.39, 0.29) is 16.6 Å². The van der Waals surface area contributed by atoms with Crippen LogP contribution in [0.5, 0.6) is 5.75 Å². The standard InChI is InChI=1S/C18H19FN2O4S/c1-3-21-16-7-5-13(10-12(16)4-9-18(21)22)20-26(23,24)14-6-8-17(25-2)15(19)11-14/h5-8,10-11,20H,3-4,9H2,1-2H3. The van der Waals surface area contributed by atoms with Crippen molar-refractivity contribution in [2.45, 2.75) is 24.7 Å². The topological polar surface area (TPSA) is 75.7 Å². The first-order chi connectivity index (χ1) is 12.4. The number of anilines is 2. The Morgan fingerprint density at radius 2 is 1.96 bits per heavy atom. The molecule has 0 aromatic heterocycles. The number of carbonyl (C=O) groups is 1. The molecule has 1 N–H and O–H groups in total. The van der Waals surface area contributed by atoms with Gasteiger partial charge in [-0.1, -0.05) is 0 Å². The van der Waals surface area contributed by atoms with Crippen molar-refractivity contribution in [1.82, 2.24) is 0 Å². The predicted octanol–water partition coefficient (Wildman–Crippen LogP) is 2.93. The maximum Gasteiger partial charge on any atom is 0.262 e. The number of hydrogen-bond donors (Lipinski definition) is 1. The molecule has 26 heavy (non-hydrogen) atoms. The molecule has 3 rings (SSSR count). The van der Waals surface area contributed by atoms with Crippen LogP contribution < -0.4 is 14.4 Å². The average Bonchev–Trinajstić information content (AvgIpc) is 2.61. The van der Waals surface area contributed by atoms with Crippen molar-refractivity contribution in [3.8, 4) is 5.75 Å². The summed E-state index contributed by atoms with van der Waals surface area (Å²) in [5.74, 6) is -0.720. The smallest absolute Gasteiger partial charge is 0.262 e. The van der Waals surface area contributed by atoms with Gasteiger partial charge in [-0.05, 0) is 55.3 Å². The van der Waals surface area contributed by atoms with Crippen LogP contribution in [0.4, 0.5) is 15.8 Å². The summed E-state index contributed by atoms with van der Waals surface area (Å²) in [5.41, 5.74) is 2.06. The summed E-state index contributed by atoms with van der Waals surface area (Å²) in [5, 5.41) is 0. The van der Waals surface area contributed by atoms with E-state index in [1.807, 2.05) is 6.92 Å². The number of methoxy groups -OCH3 is 1. The molecule has 0 atom stereocenters. The Morgan fingerprint density at radius 3 is 2.62 bits per heavy atom. The minimum Gasteiger partial charge on any atom is -0.494 e. The van der Waals surface area contributed by atoms with Crippen molar-refractivity contribution in [1.29, 1.82) is 0 Å². The number of nitrogens with one attached hydrogen (secondary N) is 1. The van der Waals surface area contributed by atoms with E-state index in [9.17, 15) is 17.6 Å². The zero-order chi connectivity index (χ0) is 18.9. The number of fused-ring (bicyclic) bond motifs is 1. The van der Waals surface area contributed by atoms with E-state index in [0.717, 1.165) is 17.3 Å². The molecule has 0 saturated carbocycles. The van der Waals surface area contributed by atoms with Crippen LogP contribution in [0.1, 0.15) is 18.9 Å². The van der Waals surface area contributed by atoms with Crippen LogP contribution in [-0.2, 0) is 21.2 Å². The second-order valence-electron chi connectivity index (χ2n) is 5.88. The second-order valence-corrected chi connectivity index (χ2v) is 7.57. The van der Waals surface area contributed by atoms with Gasteiger partial charge in [0.25, 0.3) is 10.0 Å². The third kappa shape index (κ3) is 3.37. The summed E-state index contributed by atoms with van der Waals surface area (Å²) in [6, 6.07) is 8.49. The van der Waals surface area contributed by atoms with E-state index in [2.05, 4.69) is 4.72 Å². The molecule has 138 valence electrons. The molecule has 0 radical (unpaired) electrons. The van der Waals surface area contributed by atoms with Gasteiger partial charge in [0.2, 0.25) is 5.91 Å². The lowest BCUT2D eigenvalue weighted by atomic mass is 10.0. The molecule has 1 heterocycles. The molecule has 0 aliphatic carbocycles. The monoisotopic (exact) mass is 378 g/mol. The predicted molar refractivity (Wildman–Crippen MR) is 96.6 cm³/mol. The molecule has 0 unspecified atom stereocenters. The molecule has 0 bridgehead atoms. The summed E-state index contributed by atoms with van der Waals surface area (Å²) in [7, 11) is -2.64.